The first kappa shape index (κ1) is 22.4. The normalized spacial score (nSPS) is 15.1. The fourth-order valence-electron chi connectivity index (χ4n) is 2.92. The van der Waals surface area contributed by atoms with E-state index >= 15 is 0 Å². The quantitative estimate of drug-likeness (QED) is 0.212. The van der Waals surface area contributed by atoms with Crippen LogP contribution >= 0.6 is 0 Å². The molecule has 0 aromatic carbocycles. The van der Waals surface area contributed by atoms with E-state index < -0.39 is 11.8 Å². The number of nitrogens with one attached hydrogen (secondary N) is 1. The molecule has 138 valence electrons. The fraction of sp³-hybridized carbons (Fsp3) is 0.947. The summed E-state index contributed by atoms with van der Waals surface area (Å²) in [4.78, 5) is 10.5. The maximum absolute atomic E-state index is 10.5. The Morgan fingerprint density at radius 2 is 1.26 bits per heavy atom. The Morgan fingerprint density at radius 3 is 1.61 bits per heavy atom. The second-order valence-corrected chi connectivity index (χ2v) is 6.86. The average molecular weight is 330 g/mol. The van der Waals surface area contributed by atoms with E-state index in [9.17, 15) is 15.0 Å². The number of rotatable bonds is 17. The van der Waals surface area contributed by atoms with Crippen molar-refractivity contribution >= 4 is 6.41 Å². The number of carbonyl (C=O) groups excluding carboxylic acids is 1. The van der Waals surface area contributed by atoms with Crippen LogP contribution in [0.2, 0.25) is 0 Å². The number of hydrogen-bond acceptors (Lipinski definition) is 3. The highest BCUT2D eigenvalue weighted by Crippen LogP contribution is 2.18. The first-order chi connectivity index (χ1) is 11.1. The lowest BCUT2D eigenvalue weighted by Crippen LogP contribution is -2.52. The van der Waals surface area contributed by atoms with Crippen LogP contribution in [0.1, 0.15) is 104 Å². The molecule has 0 rings (SSSR count). The SMILES string of the molecule is CCCCCCCCCCCCCCCC(O)(NC=O)C(C)O. The third kappa shape index (κ3) is 12.5. The van der Waals surface area contributed by atoms with Crippen molar-refractivity contribution in [3.63, 3.8) is 0 Å². The zero-order valence-corrected chi connectivity index (χ0v) is 15.4. The highest BCUT2D eigenvalue weighted by atomic mass is 16.4. The van der Waals surface area contributed by atoms with Gasteiger partial charge in [0.15, 0.2) is 5.72 Å². The third-order valence-electron chi connectivity index (χ3n) is 4.66. The summed E-state index contributed by atoms with van der Waals surface area (Å²) in [5.41, 5.74) is -1.47. The van der Waals surface area contributed by atoms with Gasteiger partial charge in [0.1, 0.15) is 0 Å². The molecule has 2 unspecified atom stereocenters. The van der Waals surface area contributed by atoms with Gasteiger partial charge in [0.2, 0.25) is 6.41 Å². The molecule has 0 aliphatic carbocycles. The molecule has 1 amide bonds. The Bertz CT molecular complexity index is 271. The molecule has 0 aliphatic heterocycles. The van der Waals surface area contributed by atoms with Crippen LogP contribution in [-0.2, 0) is 4.79 Å². The van der Waals surface area contributed by atoms with Gasteiger partial charge in [-0.1, -0.05) is 84.0 Å². The van der Waals surface area contributed by atoms with Crippen molar-refractivity contribution in [1.29, 1.82) is 0 Å². The van der Waals surface area contributed by atoms with Crippen LogP contribution < -0.4 is 5.32 Å². The minimum absolute atomic E-state index is 0.404. The van der Waals surface area contributed by atoms with Gasteiger partial charge in [-0.05, 0) is 19.8 Å². The maximum atomic E-state index is 10.5. The highest BCUT2D eigenvalue weighted by Gasteiger charge is 2.31. The Labute approximate surface area is 143 Å². The molecule has 3 N–H and O–H groups in total. The van der Waals surface area contributed by atoms with Gasteiger partial charge in [-0.3, -0.25) is 4.79 Å². The van der Waals surface area contributed by atoms with Crippen molar-refractivity contribution < 1.29 is 15.0 Å². The van der Waals surface area contributed by atoms with Crippen molar-refractivity contribution in [3.05, 3.63) is 0 Å². The number of hydrogen-bond donors (Lipinski definition) is 3. The van der Waals surface area contributed by atoms with Crippen LogP contribution in [0.4, 0.5) is 0 Å². The monoisotopic (exact) mass is 329 g/mol. The summed E-state index contributed by atoms with van der Waals surface area (Å²) in [7, 11) is 0. The minimum Gasteiger partial charge on any atom is -0.388 e. The summed E-state index contributed by atoms with van der Waals surface area (Å²) in [6, 6.07) is 0. The molecule has 0 radical (unpaired) electrons. The average Bonchev–Trinajstić information content (AvgIpc) is 2.52. The fourth-order valence-corrected chi connectivity index (χ4v) is 2.92. The molecule has 4 heteroatoms. The number of unbranched alkanes of at least 4 members (excludes halogenated alkanes) is 12. The molecular weight excluding hydrogens is 290 g/mol. The Hall–Kier alpha value is -0.610. The summed E-state index contributed by atoms with van der Waals surface area (Å²) in [6.07, 6.45) is 16.4. The molecule has 0 fully saturated rings. The second-order valence-electron chi connectivity index (χ2n) is 6.86. The summed E-state index contributed by atoms with van der Waals surface area (Å²) in [5, 5.41) is 21.9. The van der Waals surface area contributed by atoms with Gasteiger partial charge in [-0.15, -0.1) is 0 Å². The number of carbonyl (C=O) groups is 1. The van der Waals surface area contributed by atoms with E-state index in [1.54, 1.807) is 0 Å². The van der Waals surface area contributed by atoms with Crippen LogP contribution in [0.3, 0.4) is 0 Å². The molecule has 0 aromatic heterocycles. The van der Waals surface area contributed by atoms with Crippen molar-refractivity contribution in [2.45, 2.75) is 116 Å². The van der Waals surface area contributed by atoms with E-state index in [1.165, 1.54) is 71.1 Å². The topological polar surface area (TPSA) is 69.6 Å². The van der Waals surface area contributed by atoms with Gasteiger partial charge in [0.05, 0.1) is 6.10 Å². The second kappa shape index (κ2) is 14.9. The number of amides is 1. The molecule has 0 bridgehead atoms. The Kier molecular flexibility index (Phi) is 14.6. The van der Waals surface area contributed by atoms with Crippen LogP contribution in [0.5, 0.6) is 0 Å². The standard InChI is InChI=1S/C19H39NO3/c1-3-4-5-6-7-8-9-10-11-12-13-14-15-16-19(23,18(2)22)20-17-21/h17-18,22-23H,3-16H2,1-2H3,(H,20,21). The van der Waals surface area contributed by atoms with Crippen LogP contribution in [0.25, 0.3) is 0 Å². The zero-order valence-electron chi connectivity index (χ0n) is 15.4. The van der Waals surface area contributed by atoms with Crippen molar-refractivity contribution in [3.8, 4) is 0 Å². The summed E-state index contributed by atoms with van der Waals surface area (Å²) in [5.74, 6) is 0. The van der Waals surface area contributed by atoms with Gasteiger partial charge in [0.25, 0.3) is 0 Å². The molecule has 0 spiro atoms. The number of aliphatic hydroxyl groups is 2. The zero-order chi connectivity index (χ0) is 17.4. The molecule has 0 aromatic rings. The van der Waals surface area contributed by atoms with Gasteiger partial charge >= 0.3 is 0 Å². The summed E-state index contributed by atoms with van der Waals surface area (Å²) in [6.45, 7) is 3.75. The van der Waals surface area contributed by atoms with Gasteiger partial charge in [-0.2, -0.15) is 0 Å². The molecule has 23 heavy (non-hydrogen) atoms. The molecule has 0 saturated heterocycles. The van der Waals surface area contributed by atoms with E-state index in [0.29, 0.717) is 12.8 Å². The van der Waals surface area contributed by atoms with Crippen molar-refractivity contribution in [2.24, 2.45) is 0 Å². The first-order valence-electron chi connectivity index (χ1n) is 9.68. The van der Waals surface area contributed by atoms with Crippen molar-refractivity contribution in [2.75, 3.05) is 0 Å². The lowest BCUT2D eigenvalue weighted by molar-refractivity contribution is -0.129. The van der Waals surface area contributed by atoms with Crippen LogP contribution in [0, 0.1) is 0 Å². The predicted octanol–water partition coefficient (Wildman–Crippen LogP) is 4.28. The highest BCUT2D eigenvalue weighted by molar-refractivity contribution is 5.47. The van der Waals surface area contributed by atoms with Crippen LogP contribution in [0.15, 0.2) is 0 Å². The Morgan fingerprint density at radius 1 is 0.870 bits per heavy atom. The van der Waals surface area contributed by atoms with E-state index in [2.05, 4.69) is 12.2 Å². The Balaban J connectivity index is 3.37. The molecule has 4 nitrogen and oxygen atoms in total. The minimum atomic E-state index is -1.47. The van der Waals surface area contributed by atoms with E-state index in [4.69, 9.17) is 0 Å². The molecule has 0 aliphatic rings. The van der Waals surface area contributed by atoms with Gasteiger partial charge < -0.3 is 15.5 Å². The van der Waals surface area contributed by atoms with E-state index in [-0.39, 0.29) is 0 Å². The molecule has 0 saturated carbocycles. The van der Waals surface area contributed by atoms with Gasteiger partial charge in [-0.25, -0.2) is 0 Å². The molecule has 0 heterocycles. The third-order valence-corrected chi connectivity index (χ3v) is 4.66. The molecular formula is C19H39NO3. The molecule has 2 atom stereocenters. The maximum Gasteiger partial charge on any atom is 0.209 e. The van der Waals surface area contributed by atoms with Crippen LogP contribution in [-0.4, -0.2) is 28.5 Å². The smallest absolute Gasteiger partial charge is 0.209 e. The summed E-state index contributed by atoms with van der Waals surface area (Å²) < 4.78 is 0. The number of aliphatic hydroxyl groups excluding tert-OH is 1. The predicted molar refractivity (Wildman–Crippen MR) is 96.1 cm³/mol. The largest absolute Gasteiger partial charge is 0.388 e. The van der Waals surface area contributed by atoms with E-state index in [0.717, 1.165) is 19.3 Å². The lowest BCUT2D eigenvalue weighted by atomic mass is 9.98. The first-order valence-corrected chi connectivity index (χ1v) is 9.68. The van der Waals surface area contributed by atoms with Crippen molar-refractivity contribution in [1.82, 2.24) is 5.32 Å². The van der Waals surface area contributed by atoms with Gasteiger partial charge in [0, 0.05) is 0 Å². The van der Waals surface area contributed by atoms with E-state index in [1.807, 2.05) is 0 Å². The summed E-state index contributed by atoms with van der Waals surface area (Å²) >= 11 is 0. The lowest BCUT2D eigenvalue weighted by Gasteiger charge is -2.30.